The molecular formula is C20H17BN6O2S. The van der Waals surface area contributed by atoms with E-state index in [0.717, 1.165) is 16.5 Å². The first-order valence-electron chi connectivity index (χ1n) is 9.23. The quantitative estimate of drug-likeness (QED) is 0.441. The van der Waals surface area contributed by atoms with Crippen molar-refractivity contribution in [1.82, 2.24) is 23.7 Å². The van der Waals surface area contributed by atoms with Gasteiger partial charge in [0, 0.05) is 41.3 Å². The van der Waals surface area contributed by atoms with Crippen LogP contribution in [-0.4, -0.2) is 40.0 Å². The normalized spacial score (nSPS) is 12.0. The van der Waals surface area contributed by atoms with Gasteiger partial charge in [-0.05, 0) is 23.7 Å². The van der Waals surface area contributed by atoms with Crippen molar-refractivity contribution in [2.75, 3.05) is 5.73 Å². The highest BCUT2D eigenvalue weighted by molar-refractivity contribution is 7.90. The molecule has 0 aliphatic heterocycles. The lowest BCUT2D eigenvalue weighted by atomic mass is 9.91. The first-order valence-corrected chi connectivity index (χ1v) is 10.7. The van der Waals surface area contributed by atoms with Crippen molar-refractivity contribution in [3.63, 3.8) is 0 Å². The summed E-state index contributed by atoms with van der Waals surface area (Å²) in [6.07, 6.45) is 6.77. The molecule has 0 saturated carbocycles. The Labute approximate surface area is 173 Å². The maximum Gasteiger partial charge on any atom is 0.269 e. The second-order valence-corrected chi connectivity index (χ2v) is 8.90. The summed E-state index contributed by atoms with van der Waals surface area (Å²) in [5, 5.41) is 5.62. The van der Waals surface area contributed by atoms with Gasteiger partial charge in [0.05, 0.1) is 22.8 Å². The van der Waals surface area contributed by atoms with Gasteiger partial charge in [0.1, 0.15) is 13.7 Å². The van der Waals surface area contributed by atoms with Crippen LogP contribution in [0.1, 0.15) is 0 Å². The molecule has 0 radical (unpaired) electrons. The number of hydrogen-bond donors (Lipinski definition) is 1. The molecule has 8 nitrogen and oxygen atoms in total. The summed E-state index contributed by atoms with van der Waals surface area (Å²) in [6, 6.07) is 10.2. The molecule has 0 fully saturated rings. The number of benzene rings is 1. The number of fused-ring (bicyclic) bond motifs is 3. The van der Waals surface area contributed by atoms with Crippen LogP contribution >= 0.6 is 0 Å². The van der Waals surface area contributed by atoms with Crippen molar-refractivity contribution in [2.24, 2.45) is 7.05 Å². The molecule has 2 N–H and O–H groups in total. The highest BCUT2D eigenvalue weighted by Crippen LogP contribution is 2.33. The van der Waals surface area contributed by atoms with Gasteiger partial charge in [-0.1, -0.05) is 18.2 Å². The Morgan fingerprint density at radius 3 is 2.50 bits per heavy atom. The van der Waals surface area contributed by atoms with Gasteiger partial charge in [0.2, 0.25) is 0 Å². The average Bonchev–Trinajstić information content (AvgIpc) is 3.32. The maximum absolute atomic E-state index is 13.5. The fourth-order valence-corrected chi connectivity index (χ4v) is 5.18. The molecule has 0 aliphatic carbocycles. The summed E-state index contributed by atoms with van der Waals surface area (Å²) in [7, 11) is -0.224. The third-order valence-electron chi connectivity index (χ3n) is 5.21. The van der Waals surface area contributed by atoms with Crippen LogP contribution in [0.4, 0.5) is 5.82 Å². The molecule has 10 heteroatoms. The summed E-state index contributed by atoms with van der Waals surface area (Å²) >= 11 is 0. The zero-order valence-corrected chi connectivity index (χ0v) is 17.1. The largest absolute Gasteiger partial charge is 0.384 e. The molecule has 5 aromatic rings. The van der Waals surface area contributed by atoms with Crippen LogP contribution in [0.15, 0.2) is 66.1 Å². The number of nitrogens with two attached hydrogens (primary N) is 1. The number of pyridine rings is 2. The predicted molar refractivity (Wildman–Crippen MR) is 119 cm³/mol. The van der Waals surface area contributed by atoms with Crippen LogP contribution in [0, 0.1) is 0 Å². The Bertz CT molecular complexity index is 1540. The fourth-order valence-electron chi connectivity index (χ4n) is 3.69. The highest BCUT2D eigenvalue weighted by atomic mass is 32.2. The van der Waals surface area contributed by atoms with Gasteiger partial charge >= 0.3 is 0 Å². The third-order valence-corrected chi connectivity index (χ3v) is 6.93. The van der Waals surface area contributed by atoms with E-state index in [-0.39, 0.29) is 4.90 Å². The van der Waals surface area contributed by atoms with E-state index in [1.807, 2.05) is 27.2 Å². The molecule has 5 rings (SSSR count). The second-order valence-electron chi connectivity index (χ2n) is 7.11. The zero-order valence-electron chi connectivity index (χ0n) is 16.3. The highest BCUT2D eigenvalue weighted by Gasteiger charge is 2.26. The van der Waals surface area contributed by atoms with E-state index in [0.29, 0.717) is 27.8 Å². The first-order chi connectivity index (χ1) is 14.4. The van der Waals surface area contributed by atoms with Crippen LogP contribution in [0.25, 0.3) is 33.1 Å². The standard InChI is InChI=1S/C20H17BN6O2S/c1-26-11-13(9-25-26)12-7-15-17-16(10-23-19(22)18(17)21)27(20(15)24-8-12)30(28,29)14-5-3-2-4-6-14/h2-11H,21H2,1H3,(H2,22,23). The molecule has 0 unspecified atom stereocenters. The minimum absolute atomic E-state index is 0.177. The van der Waals surface area contributed by atoms with Crippen molar-refractivity contribution < 1.29 is 8.42 Å². The zero-order chi connectivity index (χ0) is 21.0. The Hall–Kier alpha value is -3.66. The van der Waals surface area contributed by atoms with Gasteiger partial charge in [0.15, 0.2) is 5.65 Å². The Kier molecular flexibility index (Phi) is 3.94. The summed E-state index contributed by atoms with van der Waals surface area (Å²) in [6.45, 7) is 0. The van der Waals surface area contributed by atoms with Crippen LogP contribution in [0.2, 0.25) is 0 Å². The summed E-state index contributed by atoms with van der Waals surface area (Å²) in [5.74, 6) is 0.352. The van der Waals surface area contributed by atoms with E-state index in [2.05, 4.69) is 15.1 Å². The molecule has 148 valence electrons. The molecule has 0 bridgehead atoms. The van der Waals surface area contributed by atoms with Gasteiger partial charge < -0.3 is 5.73 Å². The monoisotopic (exact) mass is 416 g/mol. The van der Waals surface area contributed by atoms with Crippen LogP contribution in [0.3, 0.4) is 0 Å². The summed E-state index contributed by atoms with van der Waals surface area (Å²) < 4.78 is 30.0. The first kappa shape index (κ1) is 18.4. The smallest absolute Gasteiger partial charge is 0.269 e. The minimum atomic E-state index is -3.89. The molecule has 4 aromatic heterocycles. The average molecular weight is 416 g/mol. The number of aromatic nitrogens is 5. The van der Waals surface area contributed by atoms with Crippen LogP contribution < -0.4 is 11.2 Å². The SMILES string of the molecule is Bc1c(N)ncc2c1c1cc(-c3cnn(C)c3)cnc1n2S(=O)(=O)c1ccccc1. The molecule has 0 spiro atoms. The van der Waals surface area contributed by atoms with Crippen molar-refractivity contribution >= 4 is 51.1 Å². The summed E-state index contributed by atoms with van der Waals surface area (Å²) in [4.78, 5) is 8.93. The Morgan fingerprint density at radius 2 is 1.80 bits per heavy atom. The van der Waals surface area contributed by atoms with Crippen molar-refractivity contribution in [3.8, 4) is 11.1 Å². The van der Waals surface area contributed by atoms with Crippen molar-refractivity contribution in [3.05, 3.63) is 61.2 Å². The number of aryl methyl sites for hydroxylation is 1. The molecular weight excluding hydrogens is 399 g/mol. The van der Waals surface area contributed by atoms with Gasteiger partial charge in [-0.15, -0.1) is 0 Å². The molecule has 4 heterocycles. The topological polar surface area (TPSA) is 109 Å². The van der Waals surface area contributed by atoms with Gasteiger partial charge in [-0.25, -0.2) is 22.4 Å². The van der Waals surface area contributed by atoms with Crippen LogP contribution in [-0.2, 0) is 17.1 Å². The van der Waals surface area contributed by atoms with Crippen LogP contribution in [0.5, 0.6) is 0 Å². The summed E-state index contributed by atoms with van der Waals surface area (Å²) in [5.41, 5.74) is 9.26. The lowest BCUT2D eigenvalue weighted by molar-refractivity contribution is 0.590. The molecule has 0 saturated heterocycles. The predicted octanol–water partition coefficient (Wildman–Crippen LogP) is 1.06. The number of anilines is 1. The van der Waals surface area contributed by atoms with E-state index in [1.165, 1.54) is 10.2 Å². The molecule has 1 aromatic carbocycles. The minimum Gasteiger partial charge on any atom is -0.384 e. The lowest BCUT2D eigenvalue weighted by Crippen LogP contribution is -2.16. The van der Waals surface area contributed by atoms with Crippen molar-refractivity contribution in [1.29, 1.82) is 0 Å². The molecule has 0 atom stereocenters. The van der Waals surface area contributed by atoms with Gasteiger partial charge in [-0.2, -0.15) is 5.10 Å². The number of nitrogen functional groups attached to an aromatic ring is 1. The van der Waals surface area contributed by atoms with Crippen molar-refractivity contribution in [2.45, 2.75) is 4.90 Å². The molecule has 0 aliphatic rings. The number of nitrogens with zero attached hydrogens (tertiary/aromatic N) is 5. The van der Waals surface area contributed by atoms with E-state index < -0.39 is 10.0 Å². The van der Waals surface area contributed by atoms with E-state index in [9.17, 15) is 8.42 Å². The third kappa shape index (κ3) is 2.61. The second kappa shape index (κ2) is 6.43. The van der Waals surface area contributed by atoms with E-state index >= 15 is 0 Å². The maximum atomic E-state index is 13.5. The van der Waals surface area contributed by atoms with E-state index in [4.69, 9.17) is 5.73 Å². The van der Waals surface area contributed by atoms with Gasteiger partial charge in [0.25, 0.3) is 10.0 Å². The fraction of sp³-hybridized carbons (Fsp3) is 0.0500. The van der Waals surface area contributed by atoms with Gasteiger partial charge in [-0.3, -0.25) is 4.68 Å². The molecule has 0 amide bonds. The lowest BCUT2D eigenvalue weighted by Gasteiger charge is -2.09. The molecule has 30 heavy (non-hydrogen) atoms. The number of hydrogen-bond acceptors (Lipinski definition) is 6. The Morgan fingerprint density at radius 1 is 1.03 bits per heavy atom. The Balaban J connectivity index is 1.90. The number of rotatable bonds is 3. The van der Waals surface area contributed by atoms with E-state index in [1.54, 1.807) is 47.4 Å².